The molecular weight excluding hydrogens is 514 g/mol. The minimum absolute atomic E-state index is 0.0190. The molecule has 2 aromatic heterocycles. The van der Waals surface area contributed by atoms with Crippen molar-refractivity contribution < 1.29 is 31.1 Å². The van der Waals surface area contributed by atoms with Crippen LogP contribution >= 0.6 is 0 Å². The van der Waals surface area contributed by atoms with E-state index < -0.39 is 41.4 Å². The Hall–Kier alpha value is -4.16. The molecular formula is C25H22F6N6O. The van der Waals surface area contributed by atoms with Gasteiger partial charge in [0, 0.05) is 37.3 Å². The summed E-state index contributed by atoms with van der Waals surface area (Å²) in [6.07, 6.45) is -8.35. The van der Waals surface area contributed by atoms with Gasteiger partial charge in [-0.1, -0.05) is 6.92 Å². The minimum atomic E-state index is -5.00. The third kappa shape index (κ3) is 5.71. The van der Waals surface area contributed by atoms with Crippen LogP contribution in [0.25, 0.3) is 22.2 Å². The van der Waals surface area contributed by atoms with E-state index >= 15 is 0 Å². The van der Waals surface area contributed by atoms with E-state index in [1.165, 1.54) is 4.68 Å². The number of fused-ring (bicyclic) bond motifs is 1. The molecule has 0 aliphatic heterocycles. The number of halogens is 6. The second-order valence-corrected chi connectivity index (χ2v) is 8.55. The summed E-state index contributed by atoms with van der Waals surface area (Å²) in [5.74, 6) is -0.244. The molecule has 0 aliphatic carbocycles. The maximum absolute atomic E-state index is 13.1. The Bertz CT molecular complexity index is 1480. The predicted octanol–water partition coefficient (Wildman–Crippen LogP) is 5.85. The molecule has 200 valence electrons. The monoisotopic (exact) mass is 536 g/mol. The number of hydrogen-bond donors (Lipinski definition) is 2. The van der Waals surface area contributed by atoms with Crippen molar-refractivity contribution in [2.75, 3.05) is 17.7 Å². The molecule has 0 unspecified atom stereocenters. The van der Waals surface area contributed by atoms with Crippen molar-refractivity contribution in [3.63, 3.8) is 0 Å². The summed E-state index contributed by atoms with van der Waals surface area (Å²) in [6.45, 7) is 1.98. The molecule has 0 saturated carbocycles. The number of rotatable bonds is 6. The number of aromatic nitrogens is 4. The molecule has 2 aromatic carbocycles. The number of carbonyl (C=O) groups excluding carboxylic acids is 1. The lowest BCUT2D eigenvalue weighted by Crippen LogP contribution is -2.17. The van der Waals surface area contributed by atoms with Crippen LogP contribution in [0, 0.1) is 0 Å². The Morgan fingerprint density at radius 1 is 0.974 bits per heavy atom. The molecule has 0 bridgehead atoms. The molecule has 4 rings (SSSR count). The maximum atomic E-state index is 13.1. The fourth-order valence-corrected chi connectivity index (χ4v) is 4.05. The number of hydrogen-bond acceptors (Lipinski definition) is 5. The smallest absolute Gasteiger partial charge is 0.357 e. The van der Waals surface area contributed by atoms with Crippen LogP contribution in [0.4, 0.5) is 38.1 Å². The van der Waals surface area contributed by atoms with Gasteiger partial charge < -0.3 is 10.6 Å². The van der Waals surface area contributed by atoms with Crippen molar-refractivity contribution in [2.45, 2.75) is 32.1 Å². The molecule has 7 nitrogen and oxygen atoms in total. The van der Waals surface area contributed by atoms with E-state index in [0.717, 1.165) is 22.0 Å². The van der Waals surface area contributed by atoms with Crippen LogP contribution in [0.3, 0.4) is 0 Å². The van der Waals surface area contributed by atoms with Crippen LogP contribution in [0.1, 0.15) is 29.2 Å². The standard InChI is InChI=1S/C25H22F6N6O/c1-4-14-8-15(9-16-12-33-23(32-2)35-22(14)16)19-11-20(36-37(19)3)34-21(38)7-13-5-17(24(26,27)28)10-18(6-13)25(29,30)31/h5-6,8-12H,4,7H2,1-3H3,(H,32,33,35)(H,34,36,38). The lowest BCUT2D eigenvalue weighted by molar-refractivity contribution is -0.143. The number of amides is 1. The van der Waals surface area contributed by atoms with Gasteiger partial charge in [0.15, 0.2) is 5.82 Å². The highest BCUT2D eigenvalue weighted by Crippen LogP contribution is 2.36. The number of alkyl halides is 6. The Balaban J connectivity index is 1.60. The van der Waals surface area contributed by atoms with E-state index in [1.54, 1.807) is 26.4 Å². The van der Waals surface area contributed by atoms with Gasteiger partial charge in [0.1, 0.15) is 0 Å². The Labute approximate surface area is 212 Å². The summed E-state index contributed by atoms with van der Waals surface area (Å²) in [5, 5.41) is 10.4. The molecule has 13 heteroatoms. The van der Waals surface area contributed by atoms with Crippen LogP contribution in [-0.4, -0.2) is 32.7 Å². The highest BCUT2D eigenvalue weighted by Gasteiger charge is 2.37. The van der Waals surface area contributed by atoms with Crippen molar-refractivity contribution in [1.82, 2.24) is 19.7 Å². The average molecular weight is 536 g/mol. The lowest BCUT2D eigenvalue weighted by atomic mass is 10.0. The zero-order chi connectivity index (χ0) is 27.8. The second-order valence-electron chi connectivity index (χ2n) is 8.55. The van der Waals surface area contributed by atoms with Crippen molar-refractivity contribution in [2.24, 2.45) is 7.05 Å². The minimum Gasteiger partial charge on any atom is -0.357 e. The normalized spacial score (nSPS) is 12.1. The molecule has 4 aromatic rings. The fourth-order valence-electron chi connectivity index (χ4n) is 4.05. The highest BCUT2D eigenvalue weighted by atomic mass is 19.4. The SMILES string of the molecule is CCc1cc(-c2cc(NC(=O)Cc3cc(C(F)(F)F)cc(C(F)(F)F)c3)nn2C)cc2cnc(NC)nc12. The van der Waals surface area contributed by atoms with Gasteiger partial charge >= 0.3 is 12.4 Å². The molecule has 0 atom stereocenters. The number of nitrogens with zero attached hydrogens (tertiary/aromatic N) is 4. The lowest BCUT2D eigenvalue weighted by Gasteiger charge is -2.14. The van der Waals surface area contributed by atoms with Gasteiger partial charge in [-0.3, -0.25) is 9.48 Å². The number of benzene rings is 2. The fraction of sp³-hybridized carbons (Fsp3) is 0.280. The van der Waals surface area contributed by atoms with Crippen LogP contribution in [0.5, 0.6) is 0 Å². The Kier molecular flexibility index (Phi) is 7.04. The number of aryl methyl sites for hydroxylation is 2. The summed E-state index contributed by atoms with van der Waals surface area (Å²) >= 11 is 0. The topological polar surface area (TPSA) is 84.7 Å². The van der Waals surface area contributed by atoms with E-state index in [0.29, 0.717) is 30.2 Å². The summed E-state index contributed by atoms with van der Waals surface area (Å²) in [4.78, 5) is 21.3. The highest BCUT2D eigenvalue weighted by molar-refractivity contribution is 5.92. The third-order valence-corrected chi connectivity index (χ3v) is 5.82. The summed E-state index contributed by atoms with van der Waals surface area (Å²) in [7, 11) is 3.36. The van der Waals surface area contributed by atoms with E-state index in [2.05, 4.69) is 25.7 Å². The number of anilines is 2. The third-order valence-electron chi connectivity index (χ3n) is 5.82. The van der Waals surface area contributed by atoms with Crippen LogP contribution in [0.15, 0.2) is 42.6 Å². The van der Waals surface area contributed by atoms with E-state index in [9.17, 15) is 31.1 Å². The second kappa shape index (κ2) is 9.95. The van der Waals surface area contributed by atoms with Crippen LogP contribution in [-0.2, 0) is 37.0 Å². The number of nitrogens with one attached hydrogen (secondary N) is 2. The molecule has 2 N–H and O–H groups in total. The molecule has 38 heavy (non-hydrogen) atoms. The quantitative estimate of drug-likeness (QED) is 0.302. The van der Waals surface area contributed by atoms with Gasteiger partial charge in [-0.05, 0) is 47.9 Å². The predicted molar refractivity (Wildman–Crippen MR) is 129 cm³/mol. The molecule has 0 spiro atoms. The van der Waals surface area contributed by atoms with Gasteiger partial charge in [0.25, 0.3) is 0 Å². The first-order valence-corrected chi connectivity index (χ1v) is 11.4. The molecule has 0 fully saturated rings. The molecule has 1 amide bonds. The zero-order valence-corrected chi connectivity index (χ0v) is 20.4. The molecule has 0 saturated heterocycles. The Morgan fingerprint density at radius 2 is 1.63 bits per heavy atom. The van der Waals surface area contributed by atoms with Gasteiger partial charge in [-0.25, -0.2) is 9.97 Å². The van der Waals surface area contributed by atoms with Gasteiger partial charge in [0.2, 0.25) is 11.9 Å². The number of carbonyl (C=O) groups is 1. The van der Waals surface area contributed by atoms with E-state index in [4.69, 9.17) is 0 Å². The van der Waals surface area contributed by atoms with Crippen LogP contribution in [0.2, 0.25) is 0 Å². The summed E-state index contributed by atoms with van der Waals surface area (Å²) < 4.78 is 80.3. The first-order chi connectivity index (χ1) is 17.8. The van der Waals surface area contributed by atoms with Crippen molar-refractivity contribution >= 4 is 28.6 Å². The first kappa shape index (κ1) is 26.9. The van der Waals surface area contributed by atoms with Gasteiger partial charge in [0.05, 0.1) is 28.8 Å². The van der Waals surface area contributed by atoms with Gasteiger partial charge in [-0.15, -0.1) is 0 Å². The maximum Gasteiger partial charge on any atom is 0.416 e. The Morgan fingerprint density at radius 3 is 2.21 bits per heavy atom. The van der Waals surface area contributed by atoms with Crippen molar-refractivity contribution in [1.29, 1.82) is 0 Å². The van der Waals surface area contributed by atoms with Gasteiger partial charge in [-0.2, -0.15) is 31.4 Å². The van der Waals surface area contributed by atoms with E-state index in [1.807, 2.05) is 19.1 Å². The molecule has 0 radical (unpaired) electrons. The van der Waals surface area contributed by atoms with Crippen molar-refractivity contribution in [3.8, 4) is 11.3 Å². The average Bonchev–Trinajstić information content (AvgIpc) is 3.21. The first-order valence-electron chi connectivity index (χ1n) is 11.4. The summed E-state index contributed by atoms with van der Waals surface area (Å²) in [5.41, 5.74) is -0.276. The largest absolute Gasteiger partial charge is 0.416 e. The van der Waals surface area contributed by atoms with Crippen LogP contribution < -0.4 is 10.6 Å². The molecule has 2 heterocycles. The summed E-state index contributed by atoms with van der Waals surface area (Å²) in [6, 6.07) is 6.43. The zero-order valence-electron chi connectivity index (χ0n) is 20.4. The van der Waals surface area contributed by atoms with E-state index in [-0.39, 0.29) is 11.9 Å². The molecule has 0 aliphatic rings. The van der Waals surface area contributed by atoms with Crippen molar-refractivity contribution in [3.05, 3.63) is 64.8 Å².